The van der Waals surface area contributed by atoms with Crippen LogP contribution in [0.25, 0.3) is 0 Å². The van der Waals surface area contributed by atoms with Gasteiger partial charge in [-0.2, -0.15) is 0 Å². The summed E-state index contributed by atoms with van der Waals surface area (Å²) in [6, 6.07) is 14.4. The van der Waals surface area contributed by atoms with Gasteiger partial charge in [0.25, 0.3) is 5.91 Å². The van der Waals surface area contributed by atoms with Crippen LogP contribution in [-0.4, -0.2) is 25.1 Å². The number of anilines is 1. The van der Waals surface area contributed by atoms with E-state index in [9.17, 15) is 4.79 Å². The van der Waals surface area contributed by atoms with Crippen molar-refractivity contribution >= 4 is 11.6 Å². The Hall–Kier alpha value is -2.49. The fourth-order valence-electron chi connectivity index (χ4n) is 3.75. The predicted molar refractivity (Wildman–Crippen MR) is 120 cm³/mol. The molecule has 3 rings (SSSR count). The van der Waals surface area contributed by atoms with Crippen molar-refractivity contribution in [1.82, 2.24) is 5.32 Å². The maximum atomic E-state index is 12.6. The Balaban J connectivity index is 1.56. The van der Waals surface area contributed by atoms with E-state index in [-0.39, 0.29) is 11.9 Å². The maximum Gasteiger partial charge on any atom is 0.261 e. The standard InChI is InChI=1S/C25H34N2O2/c1-17-13-15-27(16-14-17)23-11-9-22(10-12-23)20(4)26-25(28)21(5)29-24-8-6-7-18(2)19(24)3/h6-12,17,20-21H,13-16H2,1-5H3,(H,26,28)/t20-,21-/m1/s1. The number of piperidine rings is 1. The van der Waals surface area contributed by atoms with Crippen LogP contribution in [0.15, 0.2) is 42.5 Å². The number of hydrogen-bond acceptors (Lipinski definition) is 3. The largest absolute Gasteiger partial charge is 0.481 e. The fourth-order valence-corrected chi connectivity index (χ4v) is 3.75. The van der Waals surface area contributed by atoms with Crippen molar-refractivity contribution in [3.63, 3.8) is 0 Å². The highest BCUT2D eigenvalue weighted by Gasteiger charge is 2.20. The van der Waals surface area contributed by atoms with Gasteiger partial charge >= 0.3 is 0 Å². The van der Waals surface area contributed by atoms with Gasteiger partial charge in [0.05, 0.1) is 6.04 Å². The first kappa shape index (κ1) is 21.2. The van der Waals surface area contributed by atoms with Gasteiger partial charge in [-0.05, 0) is 81.3 Å². The third-order valence-electron chi connectivity index (χ3n) is 6.13. The van der Waals surface area contributed by atoms with Crippen molar-refractivity contribution in [1.29, 1.82) is 0 Å². The summed E-state index contributed by atoms with van der Waals surface area (Å²) in [5.41, 5.74) is 4.60. The summed E-state index contributed by atoms with van der Waals surface area (Å²) in [6.45, 7) is 12.5. The van der Waals surface area contributed by atoms with Gasteiger partial charge < -0.3 is 15.0 Å². The molecule has 29 heavy (non-hydrogen) atoms. The number of amides is 1. The van der Waals surface area contributed by atoms with Gasteiger partial charge in [-0.25, -0.2) is 0 Å². The molecule has 1 heterocycles. The first-order chi connectivity index (χ1) is 13.8. The number of benzene rings is 2. The Morgan fingerprint density at radius 3 is 2.38 bits per heavy atom. The lowest BCUT2D eigenvalue weighted by Gasteiger charge is -2.32. The zero-order chi connectivity index (χ0) is 21.0. The summed E-state index contributed by atoms with van der Waals surface area (Å²) in [6.07, 6.45) is 1.96. The number of carbonyl (C=O) groups is 1. The molecule has 1 aliphatic rings. The number of nitrogens with zero attached hydrogens (tertiary/aromatic N) is 1. The molecule has 0 aromatic heterocycles. The molecule has 4 nitrogen and oxygen atoms in total. The molecule has 1 N–H and O–H groups in total. The van der Waals surface area contributed by atoms with Crippen LogP contribution in [0, 0.1) is 19.8 Å². The van der Waals surface area contributed by atoms with E-state index < -0.39 is 6.10 Å². The Kier molecular flexibility index (Phi) is 6.83. The van der Waals surface area contributed by atoms with Crippen molar-refractivity contribution in [2.75, 3.05) is 18.0 Å². The minimum atomic E-state index is -0.549. The second kappa shape index (κ2) is 9.34. The van der Waals surface area contributed by atoms with Gasteiger partial charge in [0, 0.05) is 18.8 Å². The molecule has 0 saturated carbocycles. The highest BCUT2D eigenvalue weighted by molar-refractivity contribution is 5.81. The van der Waals surface area contributed by atoms with Crippen LogP contribution in [0.1, 0.15) is 56.3 Å². The highest BCUT2D eigenvalue weighted by Crippen LogP contribution is 2.25. The van der Waals surface area contributed by atoms with Gasteiger partial charge in [0.2, 0.25) is 0 Å². The van der Waals surface area contributed by atoms with Gasteiger partial charge in [-0.3, -0.25) is 4.79 Å². The maximum absolute atomic E-state index is 12.6. The van der Waals surface area contributed by atoms with E-state index in [1.165, 1.54) is 18.5 Å². The lowest BCUT2D eigenvalue weighted by molar-refractivity contribution is -0.127. The van der Waals surface area contributed by atoms with Crippen LogP contribution < -0.4 is 15.0 Å². The molecule has 1 fully saturated rings. The van der Waals surface area contributed by atoms with Crippen LogP contribution >= 0.6 is 0 Å². The second-order valence-electron chi connectivity index (χ2n) is 8.45. The van der Waals surface area contributed by atoms with Crippen LogP contribution in [0.3, 0.4) is 0 Å². The molecule has 156 valence electrons. The first-order valence-electron chi connectivity index (χ1n) is 10.7. The molecule has 1 aliphatic heterocycles. The minimum Gasteiger partial charge on any atom is -0.481 e. The van der Waals surface area contributed by atoms with Crippen molar-refractivity contribution in [3.8, 4) is 5.75 Å². The number of nitrogens with one attached hydrogen (secondary N) is 1. The number of carbonyl (C=O) groups excluding carboxylic acids is 1. The summed E-state index contributed by atoms with van der Waals surface area (Å²) >= 11 is 0. The Bertz CT molecular complexity index is 823. The molecule has 2 aromatic rings. The average Bonchev–Trinajstić information content (AvgIpc) is 2.72. The number of hydrogen-bond donors (Lipinski definition) is 1. The molecule has 0 bridgehead atoms. The van der Waals surface area contributed by atoms with Crippen LogP contribution in [0.5, 0.6) is 5.75 Å². The molecule has 2 atom stereocenters. The first-order valence-corrected chi connectivity index (χ1v) is 10.7. The van der Waals surface area contributed by atoms with Crippen LogP contribution in [-0.2, 0) is 4.79 Å². The molecule has 4 heteroatoms. The van der Waals surface area contributed by atoms with Crippen molar-refractivity contribution in [3.05, 3.63) is 59.2 Å². The van der Waals surface area contributed by atoms with Gasteiger partial charge in [-0.1, -0.05) is 31.2 Å². The normalized spacial score (nSPS) is 16.9. The fraction of sp³-hybridized carbons (Fsp3) is 0.480. The zero-order valence-corrected chi connectivity index (χ0v) is 18.4. The molecule has 0 unspecified atom stereocenters. The van der Waals surface area contributed by atoms with E-state index in [4.69, 9.17) is 4.74 Å². The summed E-state index contributed by atoms with van der Waals surface area (Å²) in [7, 11) is 0. The monoisotopic (exact) mass is 394 g/mol. The third kappa shape index (κ3) is 5.31. The quantitative estimate of drug-likeness (QED) is 0.733. The van der Waals surface area contributed by atoms with E-state index >= 15 is 0 Å². The van der Waals surface area contributed by atoms with E-state index in [0.717, 1.165) is 41.4 Å². The van der Waals surface area contributed by atoms with Crippen molar-refractivity contribution < 1.29 is 9.53 Å². The second-order valence-corrected chi connectivity index (χ2v) is 8.45. The minimum absolute atomic E-state index is 0.0671. The van der Waals surface area contributed by atoms with Crippen molar-refractivity contribution in [2.45, 2.75) is 59.6 Å². The van der Waals surface area contributed by atoms with Gasteiger partial charge in [0.1, 0.15) is 5.75 Å². The summed E-state index contributed by atoms with van der Waals surface area (Å²) < 4.78 is 5.91. The third-order valence-corrected chi connectivity index (χ3v) is 6.13. The van der Waals surface area contributed by atoms with Crippen LogP contribution in [0.4, 0.5) is 5.69 Å². The SMILES string of the molecule is Cc1cccc(O[C@H](C)C(=O)N[C@H](C)c2ccc(N3CCC(C)CC3)cc2)c1C. The number of aryl methyl sites for hydroxylation is 1. The molecule has 1 saturated heterocycles. The summed E-state index contributed by atoms with van der Waals surface area (Å²) in [5, 5.41) is 3.08. The predicted octanol–water partition coefficient (Wildman–Crippen LogP) is 5.18. The summed E-state index contributed by atoms with van der Waals surface area (Å²) in [5.74, 6) is 1.49. The lowest BCUT2D eigenvalue weighted by atomic mass is 9.98. The van der Waals surface area contributed by atoms with E-state index in [2.05, 4.69) is 41.4 Å². The molecule has 0 radical (unpaired) electrons. The Morgan fingerprint density at radius 2 is 1.72 bits per heavy atom. The Labute approximate surface area is 175 Å². The van der Waals surface area contributed by atoms with E-state index in [0.29, 0.717) is 0 Å². The van der Waals surface area contributed by atoms with Gasteiger partial charge in [-0.15, -0.1) is 0 Å². The molecule has 0 aliphatic carbocycles. The van der Waals surface area contributed by atoms with Crippen molar-refractivity contribution in [2.24, 2.45) is 5.92 Å². The Morgan fingerprint density at radius 1 is 1.07 bits per heavy atom. The average molecular weight is 395 g/mol. The highest BCUT2D eigenvalue weighted by atomic mass is 16.5. The van der Waals surface area contributed by atoms with E-state index in [1.54, 1.807) is 6.92 Å². The number of ether oxygens (including phenoxy) is 1. The summed E-state index contributed by atoms with van der Waals surface area (Å²) in [4.78, 5) is 15.1. The van der Waals surface area contributed by atoms with Gasteiger partial charge in [0.15, 0.2) is 6.10 Å². The zero-order valence-electron chi connectivity index (χ0n) is 18.4. The molecule has 0 spiro atoms. The molecular formula is C25H34N2O2. The van der Waals surface area contributed by atoms with Crippen LogP contribution in [0.2, 0.25) is 0 Å². The molecule has 2 aromatic carbocycles. The molecular weight excluding hydrogens is 360 g/mol. The smallest absolute Gasteiger partial charge is 0.261 e. The topological polar surface area (TPSA) is 41.6 Å². The van der Waals surface area contributed by atoms with E-state index in [1.807, 2.05) is 39.0 Å². The molecule has 1 amide bonds. The lowest BCUT2D eigenvalue weighted by Crippen LogP contribution is -2.38. The number of rotatable bonds is 6.